The Bertz CT molecular complexity index is 1090. The summed E-state index contributed by atoms with van der Waals surface area (Å²) in [7, 11) is -3.46. The molecule has 31 heavy (non-hydrogen) atoms. The molecular weight excluding hydrogens is 426 g/mol. The summed E-state index contributed by atoms with van der Waals surface area (Å²) in [6.45, 7) is 3.25. The molecule has 10 heteroatoms. The molecule has 0 amide bonds. The Morgan fingerprint density at radius 1 is 1.26 bits per heavy atom. The van der Waals surface area contributed by atoms with Gasteiger partial charge in [0.1, 0.15) is 17.7 Å². The smallest absolute Gasteiger partial charge is 0.259 e. The molecule has 2 N–H and O–H groups in total. The molecule has 1 aromatic carbocycles. The molecule has 0 spiro atoms. The lowest BCUT2D eigenvalue weighted by Gasteiger charge is -2.28. The first-order valence-corrected chi connectivity index (χ1v) is 12.0. The molecule has 2 fully saturated rings. The summed E-state index contributed by atoms with van der Waals surface area (Å²) in [5.74, 6) is -1.05. The normalized spacial score (nSPS) is 28.3. The molecule has 0 bridgehead atoms. The third-order valence-electron chi connectivity index (χ3n) is 6.87. The number of nitrogens with zero attached hydrogens (tertiary/aromatic N) is 3. The van der Waals surface area contributed by atoms with Crippen LogP contribution in [0.1, 0.15) is 55.5 Å². The van der Waals surface area contributed by atoms with Gasteiger partial charge >= 0.3 is 0 Å². The molecular formula is C21H26F2N4O3S. The van der Waals surface area contributed by atoms with Crippen molar-refractivity contribution in [2.75, 3.05) is 6.61 Å². The minimum absolute atomic E-state index is 0.0804. The molecule has 2 aliphatic heterocycles. The van der Waals surface area contributed by atoms with E-state index in [1.54, 1.807) is 13.1 Å². The summed E-state index contributed by atoms with van der Waals surface area (Å²) < 4.78 is 59.6. The molecule has 3 atom stereocenters. The van der Waals surface area contributed by atoms with Gasteiger partial charge in [0.15, 0.2) is 0 Å². The molecule has 1 aromatic heterocycles. The zero-order valence-electron chi connectivity index (χ0n) is 17.3. The van der Waals surface area contributed by atoms with E-state index in [0.717, 1.165) is 33.5 Å². The highest BCUT2D eigenvalue weighted by atomic mass is 32.2. The van der Waals surface area contributed by atoms with E-state index < -0.39 is 38.6 Å². The first-order valence-electron chi connectivity index (χ1n) is 10.6. The quantitative estimate of drug-likeness (QED) is 0.767. The van der Waals surface area contributed by atoms with Gasteiger partial charge in [-0.15, -0.1) is 0 Å². The highest BCUT2D eigenvalue weighted by Gasteiger charge is 2.52. The standard InChI is InChI=1S/C21H26F2N4O3S/c1-21(5-6-21)31(28,29)27-11-13-10-26(12-19(13)25-27)15-4-7-30-20(18(24)9-15)16-8-14(22)2-3-17(16)23/h2-3,8,11,15,18,20H,4-7,9-10,12,24H2,1H3/t15-,18-,20+/m0/s1. The van der Waals surface area contributed by atoms with E-state index in [4.69, 9.17) is 10.5 Å². The Kier molecular flexibility index (Phi) is 4.96. The van der Waals surface area contributed by atoms with E-state index in [1.165, 1.54) is 0 Å². The zero-order chi connectivity index (χ0) is 22.0. The van der Waals surface area contributed by atoms with E-state index in [0.29, 0.717) is 45.4 Å². The number of benzene rings is 1. The molecule has 7 nitrogen and oxygen atoms in total. The molecule has 1 aliphatic carbocycles. The van der Waals surface area contributed by atoms with Crippen LogP contribution < -0.4 is 5.73 Å². The lowest BCUT2D eigenvalue weighted by molar-refractivity contribution is 0.0430. The van der Waals surface area contributed by atoms with Gasteiger partial charge in [0.25, 0.3) is 10.0 Å². The lowest BCUT2D eigenvalue weighted by Crippen LogP contribution is -2.38. The van der Waals surface area contributed by atoms with Crippen LogP contribution in [0.4, 0.5) is 8.78 Å². The average molecular weight is 453 g/mol. The molecule has 1 saturated heterocycles. The van der Waals surface area contributed by atoms with Crippen LogP contribution >= 0.6 is 0 Å². The number of halogens is 2. The van der Waals surface area contributed by atoms with Gasteiger partial charge in [-0.3, -0.25) is 4.90 Å². The fourth-order valence-electron chi connectivity index (χ4n) is 4.59. The fraction of sp³-hybridized carbons (Fsp3) is 0.571. The van der Waals surface area contributed by atoms with E-state index in [9.17, 15) is 17.2 Å². The van der Waals surface area contributed by atoms with Gasteiger partial charge in [0, 0.05) is 49.1 Å². The van der Waals surface area contributed by atoms with Crippen LogP contribution in [0.5, 0.6) is 0 Å². The summed E-state index contributed by atoms with van der Waals surface area (Å²) >= 11 is 0. The second kappa shape index (κ2) is 7.33. The molecule has 3 aliphatic rings. The van der Waals surface area contributed by atoms with Crippen molar-refractivity contribution in [2.45, 2.75) is 68.6 Å². The van der Waals surface area contributed by atoms with Gasteiger partial charge in [-0.1, -0.05) is 0 Å². The van der Waals surface area contributed by atoms with Gasteiger partial charge in [-0.25, -0.2) is 17.2 Å². The van der Waals surface area contributed by atoms with E-state index in [-0.39, 0.29) is 11.6 Å². The highest BCUT2D eigenvalue weighted by Crippen LogP contribution is 2.44. The molecule has 2 aromatic rings. The fourth-order valence-corrected chi connectivity index (χ4v) is 6.13. The lowest BCUT2D eigenvalue weighted by atomic mass is 9.96. The van der Waals surface area contributed by atoms with Crippen LogP contribution in [0.15, 0.2) is 24.4 Å². The van der Waals surface area contributed by atoms with Crippen molar-refractivity contribution in [3.63, 3.8) is 0 Å². The molecule has 1 saturated carbocycles. The van der Waals surface area contributed by atoms with Crippen LogP contribution in [0.2, 0.25) is 0 Å². The Hall–Kier alpha value is -1.88. The van der Waals surface area contributed by atoms with Crippen LogP contribution in [-0.2, 0) is 27.8 Å². The maximum absolute atomic E-state index is 14.2. The van der Waals surface area contributed by atoms with E-state index in [2.05, 4.69) is 10.00 Å². The van der Waals surface area contributed by atoms with E-state index >= 15 is 0 Å². The number of nitrogens with two attached hydrogens (primary N) is 1. The monoisotopic (exact) mass is 452 g/mol. The average Bonchev–Trinajstić information content (AvgIpc) is 3.24. The molecule has 0 radical (unpaired) electrons. The zero-order valence-corrected chi connectivity index (χ0v) is 18.1. The number of ether oxygens (including phenoxy) is 1. The molecule has 3 heterocycles. The molecule has 5 rings (SSSR count). The number of fused-ring (bicyclic) bond motifs is 1. The third-order valence-corrected chi connectivity index (χ3v) is 9.20. The largest absolute Gasteiger partial charge is 0.372 e. The minimum Gasteiger partial charge on any atom is -0.372 e. The van der Waals surface area contributed by atoms with Crippen molar-refractivity contribution in [1.82, 2.24) is 14.1 Å². The van der Waals surface area contributed by atoms with Gasteiger partial charge in [0.05, 0.1) is 10.4 Å². The Labute approximate surface area is 180 Å². The van der Waals surface area contributed by atoms with Gasteiger partial charge in [0.2, 0.25) is 0 Å². The van der Waals surface area contributed by atoms with E-state index in [1.807, 2.05) is 0 Å². The molecule has 168 valence electrons. The van der Waals surface area contributed by atoms with Crippen molar-refractivity contribution < 1.29 is 21.9 Å². The Morgan fingerprint density at radius 3 is 2.74 bits per heavy atom. The summed E-state index contributed by atoms with van der Waals surface area (Å²) in [6.07, 6.45) is 3.51. The van der Waals surface area contributed by atoms with Crippen molar-refractivity contribution in [2.24, 2.45) is 5.73 Å². The predicted molar refractivity (Wildman–Crippen MR) is 109 cm³/mol. The summed E-state index contributed by atoms with van der Waals surface area (Å²) in [4.78, 5) is 2.21. The first-order chi connectivity index (χ1) is 14.7. The van der Waals surface area contributed by atoms with Crippen molar-refractivity contribution >= 4 is 10.0 Å². The highest BCUT2D eigenvalue weighted by molar-refractivity contribution is 7.91. The van der Waals surface area contributed by atoms with Crippen LogP contribution in [0, 0.1) is 11.6 Å². The van der Waals surface area contributed by atoms with Crippen molar-refractivity contribution in [3.05, 3.63) is 52.9 Å². The summed E-state index contributed by atoms with van der Waals surface area (Å²) in [6, 6.07) is 2.91. The third kappa shape index (κ3) is 3.59. The van der Waals surface area contributed by atoms with Crippen LogP contribution in [0.3, 0.4) is 0 Å². The maximum atomic E-state index is 14.2. The van der Waals surface area contributed by atoms with Gasteiger partial charge < -0.3 is 10.5 Å². The predicted octanol–water partition coefficient (Wildman–Crippen LogP) is 2.45. The van der Waals surface area contributed by atoms with Crippen molar-refractivity contribution in [3.8, 4) is 0 Å². The Morgan fingerprint density at radius 2 is 2.03 bits per heavy atom. The summed E-state index contributed by atoms with van der Waals surface area (Å²) in [5.41, 5.74) is 8.18. The number of aromatic nitrogens is 2. The summed E-state index contributed by atoms with van der Waals surface area (Å²) in [5, 5.41) is 4.37. The first kappa shape index (κ1) is 21.0. The van der Waals surface area contributed by atoms with Gasteiger partial charge in [-0.2, -0.15) is 9.19 Å². The topological polar surface area (TPSA) is 90.5 Å². The Balaban J connectivity index is 1.29. The number of rotatable bonds is 4. The second-order valence-electron chi connectivity index (χ2n) is 9.13. The van der Waals surface area contributed by atoms with Crippen LogP contribution in [-0.4, -0.2) is 45.9 Å². The second-order valence-corrected chi connectivity index (χ2v) is 11.4. The number of hydrogen-bond donors (Lipinski definition) is 1. The van der Waals surface area contributed by atoms with Crippen LogP contribution in [0.25, 0.3) is 0 Å². The van der Waals surface area contributed by atoms with Gasteiger partial charge in [-0.05, 0) is 50.8 Å². The minimum atomic E-state index is -3.46. The number of hydrogen-bond acceptors (Lipinski definition) is 6. The maximum Gasteiger partial charge on any atom is 0.259 e. The molecule has 0 unspecified atom stereocenters. The van der Waals surface area contributed by atoms with Crippen molar-refractivity contribution in [1.29, 1.82) is 0 Å². The SMILES string of the molecule is CC1(S(=O)(=O)n2cc3c(n2)CN([C@H]2CCO[C@H](c4cc(F)ccc4F)[C@@H](N)C2)C3)CC1.